The molecule has 0 radical (unpaired) electrons. The number of anilines is 3. The number of benzene rings is 8. The zero-order valence-electron chi connectivity index (χ0n) is 40.2. The van der Waals surface area contributed by atoms with E-state index in [1.807, 2.05) is 0 Å². The molecule has 11 rings (SSSR count). The second-order valence-corrected chi connectivity index (χ2v) is 22.2. The zero-order chi connectivity index (χ0) is 45.6. The number of nitrogens with zero attached hydrogens (tertiary/aromatic N) is 1. The highest BCUT2D eigenvalue weighted by atomic mass is 15.1. The first kappa shape index (κ1) is 42.2. The Balaban J connectivity index is 1.23. The van der Waals surface area contributed by atoms with E-state index in [2.05, 4.69) is 248 Å². The van der Waals surface area contributed by atoms with Crippen molar-refractivity contribution in [1.29, 1.82) is 0 Å². The lowest BCUT2D eigenvalue weighted by Gasteiger charge is -2.45. The van der Waals surface area contributed by atoms with Crippen LogP contribution in [0.5, 0.6) is 0 Å². The maximum atomic E-state index is 2.62. The first-order valence-electron chi connectivity index (χ1n) is 24.4. The van der Waals surface area contributed by atoms with Gasteiger partial charge in [-0.25, -0.2) is 0 Å². The second kappa shape index (κ2) is 15.3. The molecule has 0 unspecified atom stereocenters. The van der Waals surface area contributed by atoms with Crippen LogP contribution < -0.4 is 4.90 Å². The largest absolute Gasteiger partial charge is 0.310 e. The monoisotopic (exact) mass is 857 g/mol. The first-order chi connectivity index (χ1) is 31.7. The lowest BCUT2D eigenvalue weighted by molar-refractivity contribution is 0.332. The Morgan fingerprint density at radius 3 is 1.38 bits per heavy atom. The summed E-state index contributed by atoms with van der Waals surface area (Å²) in [5.74, 6) is 0. The van der Waals surface area contributed by atoms with Gasteiger partial charge in [-0.05, 0) is 150 Å². The zero-order valence-corrected chi connectivity index (χ0v) is 40.2. The molecule has 0 fully saturated rings. The van der Waals surface area contributed by atoms with Crippen LogP contribution in [-0.2, 0) is 27.1 Å². The van der Waals surface area contributed by atoms with Crippen LogP contribution >= 0.6 is 0 Å². The Hall–Kier alpha value is -6.44. The minimum Gasteiger partial charge on any atom is -0.310 e. The minimum absolute atomic E-state index is 0.0295. The van der Waals surface area contributed by atoms with Crippen molar-refractivity contribution in [2.75, 3.05) is 4.90 Å². The van der Waals surface area contributed by atoms with Crippen LogP contribution in [0.2, 0.25) is 0 Å². The summed E-state index contributed by atoms with van der Waals surface area (Å²) in [5, 5.41) is 0. The van der Waals surface area contributed by atoms with E-state index in [1.54, 1.807) is 0 Å². The Bertz CT molecular complexity index is 3070. The number of rotatable bonds is 7. The van der Waals surface area contributed by atoms with Crippen LogP contribution in [0.25, 0.3) is 33.4 Å². The van der Waals surface area contributed by atoms with Crippen LogP contribution in [0.1, 0.15) is 126 Å². The van der Waals surface area contributed by atoms with Gasteiger partial charge >= 0.3 is 0 Å². The molecule has 0 saturated heterocycles. The van der Waals surface area contributed by atoms with E-state index in [4.69, 9.17) is 0 Å². The summed E-state index contributed by atoms with van der Waals surface area (Å²) < 4.78 is 0. The molecule has 66 heavy (non-hydrogen) atoms. The fourth-order valence-corrected chi connectivity index (χ4v) is 12.6. The van der Waals surface area contributed by atoms with Crippen LogP contribution in [0.15, 0.2) is 188 Å². The predicted octanol–water partition coefficient (Wildman–Crippen LogP) is 17.6. The molecule has 0 N–H and O–H groups in total. The predicted molar refractivity (Wildman–Crippen MR) is 280 cm³/mol. The van der Waals surface area contributed by atoms with E-state index < -0.39 is 5.41 Å². The van der Waals surface area contributed by atoms with Crippen molar-refractivity contribution < 1.29 is 0 Å². The van der Waals surface area contributed by atoms with E-state index in [1.165, 1.54) is 102 Å². The van der Waals surface area contributed by atoms with Crippen LogP contribution in [0.4, 0.5) is 17.1 Å². The van der Waals surface area contributed by atoms with Gasteiger partial charge in [-0.2, -0.15) is 0 Å². The molecular formula is C65H63N. The van der Waals surface area contributed by atoms with E-state index >= 15 is 0 Å². The summed E-state index contributed by atoms with van der Waals surface area (Å²) in [7, 11) is 0. The number of hydrogen-bond acceptors (Lipinski definition) is 1. The molecule has 0 bridgehead atoms. The highest BCUT2D eigenvalue weighted by Crippen LogP contribution is 2.60. The quantitative estimate of drug-likeness (QED) is 0.154. The van der Waals surface area contributed by atoms with Crippen molar-refractivity contribution in [2.24, 2.45) is 0 Å². The molecule has 3 aliphatic rings. The number of fused-ring (bicyclic) bond motifs is 5. The van der Waals surface area contributed by atoms with E-state index in [9.17, 15) is 0 Å². The molecule has 0 saturated carbocycles. The Morgan fingerprint density at radius 2 is 0.773 bits per heavy atom. The average Bonchev–Trinajstić information content (AvgIpc) is 3.62. The van der Waals surface area contributed by atoms with Crippen molar-refractivity contribution in [1.82, 2.24) is 0 Å². The van der Waals surface area contributed by atoms with Gasteiger partial charge in [-0.15, -0.1) is 0 Å². The third-order valence-corrected chi connectivity index (χ3v) is 16.2. The Morgan fingerprint density at radius 1 is 0.318 bits per heavy atom. The van der Waals surface area contributed by atoms with E-state index in [-0.39, 0.29) is 21.7 Å². The molecule has 328 valence electrons. The molecule has 3 aliphatic carbocycles. The van der Waals surface area contributed by atoms with Gasteiger partial charge in [0.25, 0.3) is 0 Å². The second-order valence-electron chi connectivity index (χ2n) is 22.2. The van der Waals surface area contributed by atoms with Gasteiger partial charge in [-0.3, -0.25) is 0 Å². The molecule has 8 aromatic carbocycles. The summed E-state index contributed by atoms with van der Waals surface area (Å²) >= 11 is 0. The number of para-hydroxylation sites is 1. The molecule has 0 aliphatic heterocycles. The summed E-state index contributed by atoms with van der Waals surface area (Å²) in [6.07, 6.45) is 4.67. The fraction of sp³-hybridized carbons (Fsp3) is 0.262. The van der Waals surface area contributed by atoms with Gasteiger partial charge in [0.1, 0.15) is 0 Å². The van der Waals surface area contributed by atoms with Crippen molar-refractivity contribution in [3.05, 3.63) is 233 Å². The molecular weight excluding hydrogens is 795 g/mol. The summed E-state index contributed by atoms with van der Waals surface area (Å²) in [5.41, 5.74) is 22.1. The molecule has 0 amide bonds. The van der Waals surface area contributed by atoms with Crippen molar-refractivity contribution in [2.45, 2.75) is 108 Å². The highest BCUT2D eigenvalue weighted by Gasteiger charge is 2.48. The normalized spacial score (nSPS) is 17.8. The molecule has 8 aromatic rings. The lowest BCUT2D eigenvalue weighted by atomic mass is 9.61. The van der Waals surface area contributed by atoms with Crippen molar-refractivity contribution in [3.8, 4) is 33.4 Å². The average molecular weight is 858 g/mol. The molecule has 1 nitrogen and oxygen atoms in total. The van der Waals surface area contributed by atoms with Gasteiger partial charge in [0.05, 0.1) is 16.8 Å². The van der Waals surface area contributed by atoms with Gasteiger partial charge in [0, 0.05) is 11.3 Å². The molecule has 0 atom stereocenters. The molecule has 0 heterocycles. The first-order valence-corrected chi connectivity index (χ1v) is 24.4. The van der Waals surface area contributed by atoms with Crippen molar-refractivity contribution in [3.63, 3.8) is 0 Å². The summed E-state index contributed by atoms with van der Waals surface area (Å²) in [6.45, 7) is 19.6. The van der Waals surface area contributed by atoms with Gasteiger partial charge < -0.3 is 4.90 Å². The fourth-order valence-electron chi connectivity index (χ4n) is 12.6. The maximum Gasteiger partial charge on any atom is 0.0714 e. The minimum atomic E-state index is -0.543. The lowest BCUT2D eigenvalue weighted by Crippen LogP contribution is -2.35. The molecule has 0 spiro atoms. The Kier molecular flexibility index (Phi) is 9.79. The maximum absolute atomic E-state index is 2.62. The Labute approximate surface area is 394 Å². The van der Waals surface area contributed by atoms with Crippen LogP contribution in [0.3, 0.4) is 0 Å². The third kappa shape index (κ3) is 6.48. The standard InChI is InChI=1S/C65H63N/c1-61(2)38-40-63(5,6)59-49(29-20-31-54(59)61)44-34-36-45(37-35-44)51-42-52-50-28-18-19-30-53(50)65(46-22-12-9-13-23-46,47-24-14-10-15-25-47)56(52)43-58(51)66(48-26-16-11-17-27-48)57-33-21-32-55-60(57)64(7,8)41-39-62(55,3)4/h9-37,42-43H,38-41H2,1-8H3. The smallest absolute Gasteiger partial charge is 0.0714 e. The van der Waals surface area contributed by atoms with E-state index in [0.717, 1.165) is 18.5 Å². The summed E-state index contributed by atoms with van der Waals surface area (Å²) in [6, 6.07) is 71.7. The highest BCUT2D eigenvalue weighted by molar-refractivity contribution is 5.97. The summed E-state index contributed by atoms with van der Waals surface area (Å²) in [4.78, 5) is 2.62. The third-order valence-electron chi connectivity index (χ3n) is 16.2. The topological polar surface area (TPSA) is 3.24 Å². The van der Waals surface area contributed by atoms with Crippen molar-refractivity contribution >= 4 is 17.1 Å². The SMILES string of the molecule is CC1(C)CCC(C)(C)c2c(-c3ccc(-c4cc5c(cc4N(c4ccccc4)c4cccc6c4C(C)(C)CCC6(C)C)C(c4ccccc4)(c4ccccc4)c4ccccc4-5)cc3)cccc21. The van der Waals surface area contributed by atoms with Gasteiger partial charge in [0.15, 0.2) is 0 Å². The van der Waals surface area contributed by atoms with E-state index in [0.29, 0.717) is 0 Å². The number of hydrogen-bond donors (Lipinski definition) is 0. The van der Waals surface area contributed by atoms with Gasteiger partial charge in [-0.1, -0.05) is 213 Å². The van der Waals surface area contributed by atoms with Gasteiger partial charge in [0.2, 0.25) is 0 Å². The molecule has 0 aromatic heterocycles. The van der Waals surface area contributed by atoms with Crippen LogP contribution in [0, 0.1) is 0 Å². The molecule has 1 heteroatoms. The van der Waals surface area contributed by atoms with Crippen LogP contribution in [-0.4, -0.2) is 0 Å².